The molecule has 1 unspecified atom stereocenters. The lowest BCUT2D eigenvalue weighted by atomic mass is 10.0. The zero-order valence-corrected chi connectivity index (χ0v) is 17.3. The second-order valence-corrected chi connectivity index (χ2v) is 9.67. The van der Waals surface area contributed by atoms with Gasteiger partial charge >= 0.3 is 0 Å². The van der Waals surface area contributed by atoms with E-state index in [0.29, 0.717) is 40.7 Å². The molecule has 1 aliphatic rings. The van der Waals surface area contributed by atoms with Crippen LogP contribution < -0.4 is 5.73 Å². The predicted octanol–water partition coefficient (Wildman–Crippen LogP) is 2.64. The van der Waals surface area contributed by atoms with Gasteiger partial charge in [0.2, 0.25) is 0 Å². The van der Waals surface area contributed by atoms with E-state index in [0.717, 1.165) is 16.1 Å². The molecule has 1 fully saturated rings. The van der Waals surface area contributed by atoms with Gasteiger partial charge in [0, 0.05) is 30.1 Å². The number of benzene rings is 2. The molecule has 1 saturated heterocycles. The number of β-amino-alcohol motifs (C(OH)–C–C–N with tert-alkyl or cyclic N) is 1. The molecule has 6 nitrogen and oxygen atoms in total. The maximum absolute atomic E-state index is 13.2. The van der Waals surface area contributed by atoms with Crippen LogP contribution in [0.1, 0.15) is 21.8 Å². The summed E-state index contributed by atoms with van der Waals surface area (Å²) in [5.74, 6) is -0.162. The average molecular weight is 428 g/mol. The molecule has 4 rings (SSSR count). The highest BCUT2D eigenvalue weighted by Crippen LogP contribution is 2.29. The fourth-order valence-electron chi connectivity index (χ4n) is 3.33. The number of nitrogens with two attached hydrogens (primary N) is 1. The number of aliphatic hydroxyl groups excluding tert-OH is 1. The van der Waals surface area contributed by atoms with Gasteiger partial charge < -0.3 is 15.7 Å². The highest BCUT2D eigenvalue weighted by molar-refractivity contribution is 7.87. The summed E-state index contributed by atoms with van der Waals surface area (Å²) in [7, 11) is -1.47. The third kappa shape index (κ3) is 4.30. The van der Waals surface area contributed by atoms with E-state index < -0.39 is 16.9 Å². The second-order valence-electron chi connectivity index (χ2n) is 6.85. The van der Waals surface area contributed by atoms with Crippen LogP contribution in [0.3, 0.4) is 0 Å². The van der Waals surface area contributed by atoms with E-state index in [1.165, 1.54) is 11.3 Å². The summed E-state index contributed by atoms with van der Waals surface area (Å²) < 4.78 is 13.8. The average Bonchev–Trinajstić information content (AvgIpc) is 3.42. The quantitative estimate of drug-likeness (QED) is 0.653. The normalized spacial score (nSPS) is 17.4. The van der Waals surface area contributed by atoms with E-state index >= 15 is 0 Å². The minimum absolute atomic E-state index is 0.162. The van der Waals surface area contributed by atoms with Crippen molar-refractivity contribution in [3.05, 3.63) is 65.3 Å². The number of aliphatic hydroxyl groups is 1. The van der Waals surface area contributed by atoms with Gasteiger partial charge in [0.25, 0.3) is 5.91 Å². The number of nitrogens with zero attached hydrogens (tertiary/aromatic N) is 2. The lowest BCUT2D eigenvalue weighted by molar-refractivity contribution is 0.0765. The van der Waals surface area contributed by atoms with Crippen LogP contribution in [0.25, 0.3) is 11.1 Å². The number of aromatic nitrogens is 1. The molecule has 1 aliphatic heterocycles. The van der Waals surface area contributed by atoms with Crippen LogP contribution in [-0.2, 0) is 17.3 Å². The Hall–Kier alpha value is -2.39. The first-order valence-electron chi connectivity index (χ1n) is 9.29. The van der Waals surface area contributed by atoms with Crippen molar-refractivity contribution in [2.24, 2.45) is 5.73 Å². The molecule has 0 bridgehead atoms. The molecule has 2 atom stereocenters. The minimum atomic E-state index is -1.47. The molecule has 150 valence electrons. The molecule has 8 heteroatoms. The first-order valence-corrected chi connectivity index (χ1v) is 11.3. The van der Waals surface area contributed by atoms with Gasteiger partial charge in [0.15, 0.2) is 0 Å². The van der Waals surface area contributed by atoms with E-state index in [9.17, 15) is 14.1 Å². The first-order chi connectivity index (χ1) is 14.0. The van der Waals surface area contributed by atoms with Crippen LogP contribution >= 0.6 is 11.3 Å². The topological polar surface area (TPSA) is 96.5 Å². The van der Waals surface area contributed by atoms with E-state index in [2.05, 4.69) is 4.98 Å². The number of amides is 1. The molecule has 2 aromatic carbocycles. The van der Waals surface area contributed by atoms with Crippen LogP contribution in [0.2, 0.25) is 0 Å². The van der Waals surface area contributed by atoms with Gasteiger partial charge in [-0.1, -0.05) is 30.3 Å². The molecule has 3 aromatic rings. The maximum Gasteiger partial charge on any atom is 0.254 e. The summed E-state index contributed by atoms with van der Waals surface area (Å²) in [4.78, 5) is 19.4. The molecule has 1 amide bonds. The van der Waals surface area contributed by atoms with Gasteiger partial charge in [0.1, 0.15) is 9.22 Å². The molecule has 2 heterocycles. The van der Waals surface area contributed by atoms with Crippen LogP contribution in [-0.4, -0.2) is 44.3 Å². The Labute approximate surface area is 175 Å². The monoisotopic (exact) mass is 427 g/mol. The molecular weight excluding hydrogens is 406 g/mol. The number of carbonyl (C=O) groups excluding carboxylic acids is 1. The summed E-state index contributed by atoms with van der Waals surface area (Å²) in [6.07, 6.45) is 1.67. The Morgan fingerprint density at radius 3 is 2.69 bits per heavy atom. The van der Waals surface area contributed by atoms with Crippen LogP contribution in [0.15, 0.2) is 63.8 Å². The summed E-state index contributed by atoms with van der Waals surface area (Å²) in [5, 5.41) is 10.5. The lowest BCUT2D eigenvalue weighted by Crippen LogP contribution is -2.29. The summed E-state index contributed by atoms with van der Waals surface area (Å²) in [6, 6.07) is 15.0. The number of likely N-dealkylation sites (tertiary alicyclic amines) is 1. The second kappa shape index (κ2) is 8.54. The van der Waals surface area contributed by atoms with Crippen molar-refractivity contribution >= 4 is 28.0 Å². The van der Waals surface area contributed by atoms with Crippen molar-refractivity contribution in [3.8, 4) is 11.1 Å². The maximum atomic E-state index is 13.2. The third-order valence-corrected chi connectivity index (χ3v) is 7.47. The van der Waals surface area contributed by atoms with E-state index in [1.54, 1.807) is 17.2 Å². The number of thiazole rings is 1. The molecule has 0 aliphatic carbocycles. The van der Waals surface area contributed by atoms with Crippen molar-refractivity contribution in [2.45, 2.75) is 28.2 Å². The summed E-state index contributed by atoms with van der Waals surface area (Å²) >= 11 is 1.31. The van der Waals surface area contributed by atoms with Crippen molar-refractivity contribution < 1.29 is 14.1 Å². The van der Waals surface area contributed by atoms with E-state index in [-0.39, 0.29) is 5.91 Å². The molecule has 0 saturated carbocycles. The van der Waals surface area contributed by atoms with E-state index in [1.807, 2.05) is 42.5 Å². The lowest BCUT2D eigenvalue weighted by Gasteiger charge is -2.17. The molecule has 1 aromatic heterocycles. The molecular formula is C21H21N3O3S2. The minimum Gasteiger partial charge on any atom is -0.391 e. The SMILES string of the molecule is NCc1ncc(S(=O)c2cc(C(=O)N3CC[C@@H](O)C3)cc(-c3ccccc3)c2)s1. The number of hydrogen-bond acceptors (Lipinski definition) is 6. The fraction of sp³-hybridized carbons (Fsp3) is 0.238. The summed E-state index contributed by atoms with van der Waals surface area (Å²) in [5.41, 5.74) is 7.85. The largest absolute Gasteiger partial charge is 0.391 e. The fourth-order valence-corrected chi connectivity index (χ4v) is 5.58. The standard InChI is InChI=1S/C21H21N3O3S2/c22-11-19-23-12-20(28-19)29(27)18-9-15(14-4-2-1-3-5-14)8-16(10-18)21(26)24-7-6-17(25)13-24/h1-5,8-10,12,17,25H,6-7,11,13,22H2/t17-,29?/m1/s1. The Morgan fingerprint density at radius 1 is 1.24 bits per heavy atom. The highest BCUT2D eigenvalue weighted by atomic mass is 32.2. The Bertz CT molecular complexity index is 1050. The van der Waals surface area contributed by atoms with Crippen molar-refractivity contribution in [1.82, 2.24) is 9.88 Å². The molecule has 0 radical (unpaired) electrons. The van der Waals surface area contributed by atoms with E-state index in [4.69, 9.17) is 5.73 Å². The molecule has 29 heavy (non-hydrogen) atoms. The zero-order valence-electron chi connectivity index (χ0n) is 15.7. The van der Waals surface area contributed by atoms with Gasteiger partial charge in [-0.3, -0.25) is 4.79 Å². The summed E-state index contributed by atoms with van der Waals surface area (Å²) in [6.45, 7) is 1.14. The van der Waals surface area contributed by atoms with Gasteiger partial charge in [-0.05, 0) is 35.7 Å². The van der Waals surface area contributed by atoms with Gasteiger partial charge in [-0.25, -0.2) is 9.19 Å². The highest BCUT2D eigenvalue weighted by Gasteiger charge is 2.26. The van der Waals surface area contributed by atoms with Crippen LogP contribution in [0, 0.1) is 0 Å². The van der Waals surface area contributed by atoms with Gasteiger partial charge in [-0.15, -0.1) is 11.3 Å². The van der Waals surface area contributed by atoms with Crippen molar-refractivity contribution in [3.63, 3.8) is 0 Å². The number of carbonyl (C=O) groups is 1. The van der Waals surface area contributed by atoms with Crippen molar-refractivity contribution in [1.29, 1.82) is 0 Å². The van der Waals surface area contributed by atoms with Crippen LogP contribution in [0.5, 0.6) is 0 Å². The van der Waals surface area contributed by atoms with Crippen LogP contribution in [0.4, 0.5) is 0 Å². The number of rotatable bonds is 5. The smallest absolute Gasteiger partial charge is 0.254 e. The number of hydrogen-bond donors (Lipinski definition) is 2. The first kappa shape index (κ1) is 19.9. The van der Waals surface area contributed by atoms with Gasteiger partial charge in [0.05, 0.1) is 23.1 Å². The molecule has 0 spiro atoms. The Morgan fingerprint density at radius 2 is 2.03 bits per heavy atom. The third-order valence-electron chi connectivity index (χ3n) is 4.81. The Balaban J connectivity index is 1.75. The Kier molecular flexibility index (Phi) is 5.86. The van der Waals surface area contributed by atoms with Gasteiger partial charge in [-0.2, -0.15) is 0 Å². The molecule has 3 N–H and O–H groups in total. The van der Waals surface area contributed by atoms with Crippen molar-refractivity contribution in [2.75, 3.05) is 13.1 Å². The predicted molar refractivity (Wildman–Crippen MR) is 113 cm³/mol. The zero-order chi connectivity index (χ0) is 20.4.